The average Bonchev–Trinajstić information content (AvgIpc) is 2.22. The van der Waals surface area contributed by atoms with Gasteiger partial charge in [-0.25, -0.2) is 0 Å². The number of nitrogens with one attached hydrogen (secondary N) is 1. The predicted molar refractivity (Wildman–Crippen MR) is 65.2 cm³/mol. The van der Waals surface area contributed by atoms with Gasteiger partial charge in [-0.2, -0.15) is 0 Å². The first-order valence-corrected chi connectivity index (χ1v) is 5.30. The molecule has 1 aromatic carbocycles. The molecule has 2 N–H and O–H groups in total. The topological polar surface area (TPSA) is 49.3 Å². The van der Waals surface area contributed by atoms with E-state index in [1.165, 1.54) is 6.92 Å². The van der Waals surface area contributed by atoms with Crippen LogP contribution in [-0.2, 0) is 4.79 Å². The summed E-state index contributed by atoms with van der Waals surface area (Å²) < 4.78 is 0. The fraction of sp³-hybridized carbons (Fsp3) is 0.308. The van der Waals surface area contributed by atoms with E-state index in [9.17, 15) is 9.90 Å². The molecule has 0 atom stereocenters. The zero-order valence-electron chi connectivity index (χ0n) is 9.66. The van der Waals surface area contributed by atoms with Crippen LogP contribution < -0.4 is 5.32 Å². The number of amides is 1. The molecule has 0 heterocycles. The number of carbonyl (C=O) groups excluding carboxylic acids is 1. The molecule has 0 aliphatic carbocycles. The number of phenolic OH excluding ortho intramolecular Hbond substituents is 1. The molecule has 0 radical (unpaired) electrons. The Balaban J connectivity index is 2.44. The first kappa shape index (κ1) is 12.3. The van der Waals surface area contributed by atoms with Gasteiger partial charge in [0.05, 0.1) is 0 Å². The van der Waals surface area contributed by atoms with E-state index in [2.05, 4.69) is 5.32 Å². The molecule has 0 unspecified atom stereocenters. The summed E-state index contributed by atoms with van der Waals surface area (Å²) in [5.41, 5.74) is 1.83. The minimum absolute atomic E-state index is 0.0126. The number of aromatic hydroxyl groups is 1. The molecule has 0 saturated carbocycles. The summed E-state index contributed by atoms with van der Waals surface area (Å²) in [5, 5.41) is 12.2. The smallest absolute Gasteiger partial charge is 0.216 e. The first-order chi connectivity index (χ1) is 7.59. The SMILES string of the molecule is CC(=O)NCCC=Cc1ccc(C)c(O)c1. The van der Waals surface area contributed by atoms with Gasteiger partial charge in [0.2, 0.25) is 5.91 Å². The van der Waals surface area contributed by atoms with Gasteiger partial charge in [0.15, 0.2) is 0 Å². The van der Waals surface area contributed by atoms with Crippen LogP contribution in [-0.4, -0.2) is 17.6 Å². The van der Waals surface area contributed by atoms with Crippen LogP contribution in [0.3, 0.4) is 0 Å². The fourth-order valence-electron chi connectivity index (χ4n) is 1.28. The van der Waals surface area contributed by atoms with Crippen molar-refractivity contribution in [1.29, 1.82) is 0 Å². The normalized spacial score (nSPS) is 10.6. The van der Waals surface area contributed by atoms with Gasteiger partial charge in [-0.3, -0.25) is 4.79 Å². The van der Waals surface area contributed by atoms with Crippen molar-refractivity contribution in [3.8, 4) is 5.75 Å². The second-order valence-corrected chi connectivity index (χ2v) is 3.72. The minimum Gasteiger partial charge on any atom is -0.508 e. The number of carbonyl (C=O) groups is 1. The van der Waals surface area contributed by atoms with Crippen LogP contribution in [0, 0.1) is 6.92 Å². The summed E-state index contributed by atoms with van der Waals surface area (Å²) >= 11 is 0. The van der Waals surface area contributed by atoms with E-state index in [1.807, 2.05) is 31.2 Å². The van der Waals surface area contributed by atoms with Crippen molar-refractivity contribution in [1.82, 2.24) is 5.32 Å². The van der Waals surface area contributed by atoms with Crippen LogP contribution in [0.25, 0.3) is 6.08 Å². The number of benzene rings is 1. The molecule has 0 spiro atoms. The van der Waals surface area contributed by atoms with Gasteiger partial charge in [0, 0.05) is 13.5 Å². The molecular formula is C13H17NO2. The summed E-state index contributed by atoms with van der Waals surface area (Å²) in [6.45, 7) is 4.00. The lowest BCUT2D eigenvalue weighted by Crippen LogP contribution is -2.20. The van der Waals surface area contributed by atoms with Crippen molar-refractivity contribution in [3.05, 3.63) is 35.4 Å². The lowest BCUT2D eigenvalue weighted by atomic mass is 10.1. The van der Waals surface area contributed by atoms with Gasteiger partial charge < -0.3 is 10.4 Å². The molecule has 16 heavy (non-hydrogen) atoms. The molecule has 0 bridgehead atoms. The van der Waals surface area contributed by atoms with Gasteiger partial charge in [0.1, 0.15) is 5.75 Å². The Labute approximate surface area is 95.8 Å². The highest BCUT2D eigenvalue weighted by molar-refractivity contribution is 5.72. The Bertz CT molecular complexity index is 397. The minimum atomic E-state index is -0.0126. The maximum Gasteiger partial charge on any atom is 0.216 e. The molecule has 0 saturated heterocycles. The highest BCUT2D eigenvalue weighted by Gasteiger charge is 1.94. The summed E-state index contributed by atoms with van der Waals surface area (Å²) in [6, 6.07) is 5.55. The summed E-state index contributed by atoms with van der Waals surface area (Å²) in [5.74, 6) is 0.297. The van der Waals surface area contributed by atoms with E-state index in [-0.39, 0.29) is 5.91 Å². The van der Waals surface area contributed by atoms with Gasteiger partial charge >= 0.3 is 0 Å². The number of hydrogen-bond donors (Lipinski definition) is 2. The molecule has 86 valence electrons. The van der Waals surface area contributed by atoms with E-state index in [0.29, 0.717) is 12.3 Å². The number of hydrogen-bond acceptors (Lipinski definition) is 2. The molecule has 1 amide bonds. The Morgan fingerprint density at radius 3 is 2.88 bits per heavy atom. The van der Waals surface area contributed by atoms with E-state index in [0.717, 1.165) is 17.5 Å². The number of aryl methyl sites for hydroxylation is 1. The van der Waals surface area contributed by atoms with Gasteiger partial charge in [-0.1, -0.05) is 24.3 Å². The maximum atomic E-state index is 10.6. The lowest BCUT2D eigenvalue weighted by molar-refractivity contribution is -0.118. The standard InChI is InChI=1S/C13H17NO2/c1-10-6-7-12(9-13(10)16)5-3-4-8-14-11(2)15/h3,5-7,9,16H,4,8H2,1-2H3,(H,14,15). The van der Waals surface area contributed by atoms with Crippen LogP contribution in [0.4, 0.5) is 0 Å². The number of phenols is 1. The molecule has 1 rings (SSSR count). The summed E-state index contributed by atoms with van der Waals surface area (Å²) in [7, 11) is 0. The van der Waals surface area contributed by atoms with Crippen molar-refractivity contribution in [2.45, 2.75) is 20.3 Å². The predicted octanol–water partition coefficient (Wildman–Crippen LogP) is 2.24. The fourth-order valence-corrected chi connectivity index (χ4v) is 1.28. The largest absolute Gasteiger partial charge is 0.508 e. The van der Waals surface area contributed by atoms with Crippen LogP contribution in [0.15, 0.2) is 24.3 Å². The Hall–Kier alpha value is -1.77. The van der Waals surface area contributed by atoms with Crippen LogP contribution in [0.5, 0.6) is 5.75 Å². The van der Waals surface area contributed by atoms with E-state index in [4.69, 9.17) is 0 Å². The van der Waals surface area contributed by atoms with Crippen molar-refractivity contribution >= 4 is 12.0 Å². The zero-order valence-corrected chi connectivity index (χ0v) is 9.66. The van der Waals surface area contributed by atoms with Crippen molar-refractivity contribution in [3.63, 3.8) is 0 Å². The van der Waals surface area contributed by atoms with E-state index in [1.54, 1.807) is 6.07 Å². The van der Waals surface area contributed by atoms with Crippen LogP contribution in [0.2, 0.25) is 0 Å². The molecule has 3 heteroatoms. The van der Waals surface area contributed by atoms with Gasteiger partial charge in [0.25, 0.3) is 0 Å². The maximum absolute atomic E-state index is 10.6. The second kappa shape index (κ2) is 5.95. The Morgan fingerprint density at radius 1 is 1.50 bits per heavy atom. The van der Waals surface area contributed by atoms with Crippen molar-refractivity contribution in [2.75, 3.05) is 6.54 Å². The van der Waals surface area contributed by atoms with Gasteiger partial charge in [-0.15, -0.1) is 0 Å². The molecule has 1 aromatic rings. The van der Waals surface area contributed by atoms with E-state index < -0.39 is 0 Å². The Morgan fingerprint density at radius 2 is 2.25 bits per heavy atom. The third kappa shape index (κ3) is 4.17. The molecule has 0 aliphatic rings. The molecule has 0 aliphatic heterocycles. The lowest BCUT2D eigenvalue weighted by Gasteiger charge is -2.00. The van der Waals surface area contributed by atoms with Crippen LogP contribution >= 0.6 is 0 Å². The van der Waals surface area contributed by atoms with Crippen molar-refractivity contribution < 1.29 is 9.90 Å². The second-order valence-electron chi connectivity index (χ2n) is 3.72. The third-order valence-electron chi connectivity index (χ3n) is 2.23. The van der Waals surface area contributed by atoms with Gasteiger partial charge in [-0.05, 0) is 30.5 Å². The third-order valence-corrected chi connectivity index (χ3v) is 2.23. The number of rotatable bonds is 4. The van der Waals surface area contributed by atoms with Crippen molar-refractivity contribution in [2.24, 2.45) is 0 Å². The molecule has 0 fully saturated rings. The Kier molecular flexibility index (Phi) is 4.58. The van der Waals surface area contributed by atoms with E-state index >= 15 is 0 Å². The summed E-state index contributed by atoms with van der Waals surface area (Å²) in [4.78, 5) is 10.6. The quantitative estimate of drug-likeness (QED) is 0.763. The molecule has 0 aromatic heterocycles. The highest BCUT2D eigenvalue weighted by Crippen LogP contribution is 2.18. The molecular weight excluding hydrogens is 202 g/mol. The zero-order chi connectivity index (χ0) is 12.0. The molecule has 3 nitrogen and oxygen atoms in total. The summed E-state index contributed by atoms with van der Waals surface area (Å²) in [6.07, 6.45) is 4.69. The highest BCUT2D eigenvalue weighted by atomic mass is 16.3. The first-order valence-electron chi connectivity index (χ1n) is 5.30. The average molecular weight is 219 g/mol. The van der Waals surface area contributed by atoms with Crippen LogP contribution in [0.1, 0.15) is 24.5 Å². The monoisotopic (exact) mass is 219 g/mol.